The molecule has 0 amide bonds. The summed E-state index contributed by atoms with van der Waals surface area (Å²) in [6.07, 6.45) is 1.76. The summed E-state index contributed by atoms with van der Waals surface area (Å²) in [6.45, 7) is 2.53. The minimum absolute atomic E-state index is 0.0394. The van der Waals surface area contributed by atoms with Gasteiger partial charge >= 0.3 is 0 Å². The zero-order valence-electron chi connectivity index (χ0n) is 6.84. The first kappa shape index (κ1) is 8.90. The third-order valence-corrected chi connectivity index (χ3v) is 1.50. The van der Waals surface area contributed by atoms with Crippen molar-refractivity contribution in [2.24, 2.45) is 0 Å². The fraction of sp³-hybridized carbons (Fsp3) is 0.375. The first-order valence-electron chi connectivity index (χ1n) is 3.48. The quantitative estimate of drug-likeness (QED) is 0.468. The Morgan fingerprint density at radius 3 is 2.42 bits per heavy atom. The van der Waals surface area contributed by atoms with Crippen LogP contribution in [-0.4, -0.2) is 0 Å². The Hall–Kier alpha value is -1.19. The molecular formula is C8H9F2NO. The second kappa shape index (κ2) is 2.69. The van der Waals surface area contributed by atoms with E-state index in [9.17, 15) is 14.0 Å². The van der Waals surface area contributed by atoms with Crippen molar-refractivity contribution in [3.63, 3.8) is 0 Å². The lowest BCUT2D eigenvalue weighted by Crippen LogP contribution is -2.28. The predicted octanol–water partition coefficient (Wildman–Crippen LogP) is 1.66. The minimum Gasteiger partial charge on any atom is -0.619 e. The summed E-state index contributed by atoms with van der Waals surface area (Å²) in [5.74, 6) is -0.728. The number of nitrogens with zero attached hydrogens (tertiary/aromatic N) is 1. The number of rotatable bonds is 1. The van der Waals surface area contributed by atoms with E-state index in [1.54, 1.807) is 0 Å². The normalized spacial score (nSPS) is 11.7. The van der Waals surface area contributed by atoms with E-state index < -0.39 is 11.5 Å². The van der Waals surface area contributed by atoms with Gasteiger partial charge in [0.05, 0.1) is 5.56 Å². The Morgan fingerprint density at radius 1 is 1.42 bits per heavy atom. The smallest absolute Gasteiger partial charge is 0.216 e. The first-order chi connectivity index (χ1) is 5.39. The van der Waals surface area contributed by atoms with E-state index in [4.69, 9.17) is 0 Å². The van der Waals surface area contributed by atoms with Gasteiger partial charge in [0.15, 0.2) is 12.0 Å². The molecule has 1 heterocycles. The van der Waals surface area contributed by atoms with Crippen molar-refractivity contribution in [3.8, 4) is 0 Å². The second-order valence-electron chi connectivity index (χ2n) is 3.08. The van der Waals surface area contributed by atoms with Crippen LogP contribution in [0.2, 0.25) is 0 Å². The number of halogens is 2. The first-order valence-corrected chi connectivity index (χ1v) is 3.48. The molecular weight excluding hydrogens is 164 g/mol. The van der Waals surface area contributed by atoms with Gasteiger partial charge in [-0.3, -0.25) is 0 Å². The van der Waals surface area contributed by atoms with Crippen LogP contribution < -0.4 is 4.73 Å². The third kappa shape index (κ3) is 1.90. The molecule has 66 valence electrons. The van der Waals surface area contributed by atoms with Gasteiger partial charge in [0.2, 0.25) is 6.20 Å². The highest BCUT2D eigenvalue weighted by Crippen LogP contribution is 2.23. The van der Waals surface area contributed by atoms with Crippen LogP contribution in [0.5, 0.6) is 0 Å². The van der Waals surface area contributed by atoms with Crippen LogP contribution in [0, 0.1) is 11.0 Å². The lowest BCUT2D eigenvalue weighted by molar-refractivity contribution is -0.607. The van der Waals surface area contributed by atoms with Crippen molar-refractivity contribution in [2.45, 2.75) is 19.5 Å². The van der Waals surface area contributed by atoms with Gasteiger partial charge in [-0.25, -0.2) is 8.78 Å². The van der Waals surface area contributed by atoms with Gasteiger partial charge in [-0.05, 0) is 19.9 Å². The summed E-state index contributed by atoms with van der Waals surface area (Å²) in [5, 5.41) is 10.7. The number of pyridine rings is 1. The van der Waals surface area contributed by atoms with Crippen LogP contribution >= 0.6 is 0 Å². The molecule has 0 fully saturated rings. The zero-order valence-corrected chi connectivity index (χ0v) is 6.84. The molecule has 0 radical (unpaired) electrons. The molecule has 0 bridgehead atoms. The molecule has 12 heavy (non-hydrogen) atoms. The molecule has 0 aliphatic heterocycles. The van der Waals surface area contributed by atoms with Gasteiger partial charge in [-0.1, -0.05) is 0 Å². The standard InChI is InChI=1S/C8H9F2NO/c1-8(2,10)6-3-7(9)5-11(12)4-6/h3-5H,1-2H3. The molecule has 1 rings (SSSR count). The lowest BCUT2D eigenvalue weighted by Gasteiger charge is -2.12. The fourth-order valence-corrected chi connectivity index (χ4v) is 0.844. The topological polar surface area (TPSA) is 26.9 Å². The fourth-order valence-electron chi connectivity index (χ4n) is 0.844. The molecule has 1 aromatic rings. The maximum absolute atomic E-state index is 13.2. The molecule has 0 spiro atoms. The summed E-state index contributed by atoms with van der Waals surface area (Å²) >= 11 is 0. The maximum Gasteiger partial charge on any atom is 0.216 e. The second-order valence-corrected chi connectivity index (χ2v) is 3.08. The molecule has 0 saturated carbocycles. The molecule has 2 nitrogen and oxygen atoms in total. The molecule has 0 N–H and O–H groups in total. The van der Waals surface area contributed by atoms with E-state index in [-0.39, 0.29) is 10.3 Å². The van der Waals surface area contributed by atoms with Crippen LogP contribution in [0.15, 0.2) is 18.5 Å². The largest absolute Gasteiger partial charge is 0.619 e. The van der Waals surface area contributed by atoms with E-state index >= 15 is 0 Å². The highest BCUT2D eigenvalue weighted by molar-refractivity contribution is 5.14. The van der Waals surface area contributed by atoms with E-state index in [2.05, 4.69) is 0 Å². The molecule has 0 aliphatic carbocycles. The SMILES string of the molecule is CC(C)(F)c1cc(F)c[n+]([O-])c1. The summed E-state index contributed by atoms with van der Waals surface area (Å²) in [4.78, 5) is 0. The molecule has 0 atom stereocenters. The van der Waals surface area contributed by atoms with Crippen molar-refractivity contribution in [2.75, 3.05) is 0 Å². The van der Waals surface area contributed by atoms with Crippen molar-refractivity contribution < 1.29 is 13.5 Å². The summed E-state index contributed by atoms with van der Waals surface area (Å²) < 4.78 is 26.0. The van der Waals surface area contributed by atoms with Crippen LogP contribution in [-0.2, 0) is 5.67 Å². The maximum atomic E-state index is 13.2. The average Bonchev–Trinajstić information content (AvgIpc) is 1.82. The van der Waals surface area contributed by atoms with Gasteiger partial charge in [-0.2, -0.15) is 4.73 Å². The van der Waals surface area contributed by atoms with Gasteiger partial charge in [0.1, 0.15) is 5.67 Å². The van der Waals surface area contributed by atoms with E-state index in [1.165, 1.54) is 13.8 Å². The number of hydrogen-bond acceptors (Lipinski definition) is 1. The van der Waals surface area contributed by atoms with Gasteiger partial charge < -0.3 is 5.21 Å². The monoisotopic (exact) mass is 173 g/mol. The Balaban J connectivity index is 3.18. The van der Waals surface area contributed by atoms with Crippen LogP contribution in [0.3, 0.4) is 0 Å². The lowest BCUT2D eigenvalue weighted by atomic mass is 10.0. The summed E-state index contributed by atoms with van der Waals surface area (Å²) in [5.41, 5.74) is -1.65. The summed E-state index contributed by atoms with van der Waals surface area (Å²) in [6, 6.07) is 1.01. The molecule has 0 unspecified atom stereocenters. The number of aromatic nitrogens is 1. The third-order valence-electron chi connectivity index (χ3n) is 1.50. The Morgan fingerprint density at radius 2 is 2.00 bits per heavy atom. The predicted molar refractivity (Wildman–Crippen MR) is 39.5 cm³/mol. The van der Waals surface area contributed by atoms with Crippen LogP contribution in [0.25, 0.3) is 0 Å². The van der Waals surface area contributed by atoms with Crippen molar-refractivity contribution >= 4 is 0 Å². The average molecular weight is 173 g/mol. The van der Waals surface area contributed by atoms with Crippen molar-refractivity contribution in [1.82, 2.24) is 0 Å². The van der Waals surface area contributed by atoms with E-state index in [0.29, 0.717) is 0 Å². The highest BCUT2D eigenvalue weighted by atomic mass is 19.1. The van der Waals surface area contributed by atoms with Crippen molar-refractivity contribution in [3.05, 3.63) is 35.0 Å². The van der Waals surface area contributed by atoms with Gasteiger partial charge in [-0.15, -0.1) is 0 Å². The highest BCUT2D eigenvalue weighted by Gasteiger charge is 2.22. The van der Waals surface area contributed by atoms with Crippen LogP contribution in [0.4, 0.5) is 8.78 Å². The minimum atomic E-state index is -1.69. The molecule has 0 aliphatic rings. The number of hydrogen-bond donors (Lipinski definition) is 0. The number of alkyl halides is 1. The van der Waals surface area contributed by atoms with Crippen LogP contribution in [0.1, 0.15) is 19.4 Å². The van der Waals surface area contributed by atoms with E-state index in [0.717, 1.165) is 18.5 Å². The van der Waals surface area contributed by atoms with Crippen molar-refractivity contribution in [1.29, 1.82) is 0 Å². The molecule has 0 saturated heterocycles. The van der Waals surface area contributed by atoms with Gasteiger partial charge in [0.25, 0.3) is 0 Å². The molecule has 1 aromatic heterocycles. The summed E-state index contributed by atoms with van der Waals surface area (Å²) in [7, 11) is 0. The Labute approximate surface area is 69.0 Å². The van der Waals surface area contributed by atoms with Gasteiger partial charge in [0, 0.05) is 0 Å². The molecule has 0 aromatic carbocycles. The molecule has 4 heteroatoms. The zero-order chi connectivity index (χ0) is 9.35. The Bertz CT molecular complexity index is 273. The van der Waals surface area contributed by atoms with E-state index in [1.807, 2.05) is 0 Å². The Kier molecular flexibility index (Phi) is 2.00.